The van der Waals surface area contributed by atoms with E-state index in [4.69, 9.17) is 11.6 Å². The predicted octanol–water partition coefficient (Wildman–Crippen LogP) is 1.90. The van der Waals surface area contributed by atoms with Gasteiger partial charge in [0.1, 0.15) is 6.54 Å². The zero-order valence-corrected chi connectivity index (χ0v) is 17.3. The van der Waals surface area contributed by atoms with Gasteiger partial charge in [-0.05, 0) is 43.7 Å². The Balaban J connectivity index is 1.75. The second kappa shape index (κ2) is 8.96. The van der Waals surface area contributed by atoms with Crippen LogP contribution in [0.15, 0.2) is 52.1 Å². The Bertz CT molecular complexity index is 1250. The maximum Gasteiger partial charge on any atom is 0.331 e. The molecule has 0 saturated carbocycles. The molecule has 0 fully saturated rings. The Morgan fingerprint density at radius 2 is 1.73 bits per heavy atom. The highest BCUT2D eigenvalue weighted by atomic mass is 35.5. The van der Waals surface area contributed by atoms with Crippen LogP contribution in [0.1, 0.15) is 12.5 Å². The van der Waals surface area contributed by atoms with Crippen LogP contribution in [0.4, 0.5) is 5.69 Å². The number of para-hydroxylation sites is 1. The summed E-state index contributed by atoms with van der Waals surface area (Å²) in [6.45, 7) is 3.06. The first-order chi connectivity index (χ1) is 14.3. The van der Waals surface area contributed by atoms with Crippen LogP contribution in [0.2, 0.25) is 5.02 Å². The number of fused-ring (bicyclic) bond motifs is 1. The zero-order valence-electron chi connectivity index (χ0n) is 16.6. The molecule has 0 saturated heterocycles. The first-order valence-electron chi connectivity index (χ1n) is 9.37. The number of hydrogen-bond acceptors (Lipinski definition) is 4. The van der Waals surface area contributed by atoms with Crippen LogP contribution in [-0.4, -0.2) is 27.5 Å². The van der Waals surface area contributed by atoms with Crippen molar-refractivity contribution in [2.45, 2.75) is 26.9 Å². The summed E-state index contributed by atoms with van der Waals surface area (Å²) < 4.78 is 2.30. The van der Waals surface area contributed by atoms with E-state index >= 15 is 0 Å². The van der Waals surface area contributed by atoms with Gasteiger partial charge >= 0.3 is 5.69 Å². The molecule has 0 radical (unpaired) electrons. The van der Waals surface area contributed by atoms with Gasteiger partial charge in [0.25, 0.3) is 5.56 Å². The molecule has 2 amide bonds. The lowest BCUT2D eigenvalue weighted by Crippen LogP contribution is -2.43. The SMILES string of the molecule is CCn1c(=O)c2ccccc2n(CC(=O)NCC(=O)Nc2cccc(Cl)c2C)c1=O. The Kier molecular flexibility index (Phi) is 6.37. The molecule has 0 atom stereocenters. The van der Waals surface area contributed by atoms with Crippen LogP contribution < -0.4 is 21.9 Å². The van der Waals surface area contributed by atoms with Crippen molar-refractivity contribution in [3.05, 3.63) is 73.9 Å². The molecule has 156 valence electrons. The number of nitrogens with one attached hydrogen (secondary N) is 2. The monoisotopic (exact) mass is 428 g/mol. The summed E-state index contributed by atoms with van der Waals surface area (Å²) in [5.41, 5.74) is 0.672. The third kappa shape index (κ3) is 4.28. The molecule has 1 aromatic heterocycles. The summed E-state index contributed by atoms with van der Waals surface area (Å²) in [4.78, 5) is 49.7. The fraction of sp³-hybridized carbons (Fsp3) is 0.238. The van der Waals surface area contributed by atoms with E-state index in [-0.39, 0.29) is 19.6 Å². The van der Waals surface area contributed by atoms with Crippen LogP contribution >= 0.6 is 11.6 Å². The molecule has 0 bridgehead atoms. The van der Waals surface area contributed by atoms with Crippen molar-refractivity contribution in [2.75, 3.05) is 11.9 Å². The molecule has 3 rings (SSSR count). The van der Waals surface area contributed by atoms with Crippen molar-refractivity contribution in [1.29, 1.82) is 0 Å². The molecular formula is C21H21ClN4O4. The van der Waals surface area contributed by atoms with Gasteiger partial charge in [0.15, 0.2) is 0 Å². The molecule has 8 nitrogen and oxygen atoms in total. The maximum atomic E-state index is 12.7. The van der Waals surface area contributed by atoms with Gasteiger partial charge in [0, 0.05) is 17.3 Å². The highest BCUT2D eigenvalue weighted by Gasteiger charge is 2.15. The number of carbonyl (C=O) groups is 2. The molecule has 30 heavy (non-hydrogen) atoms. The number of nitrogens with zero attached hydrogens (tertiary/aromatic N) is 2. The van der Waals surface area contributed by atoms with Crippen molar-refractivity contribution in [3.63, 3.8) is 0 Å². The molecular weight excluding hydrogens is 408 g/mol. The second-order valence-corrected chi connectivity index (χ2v) is 7.08. The molecule has 1 heterocycles. The van der Waals surface area contributed by atoms with E-state index in [1.165, 1.54) is 4.57 Å². The zero-order chi connectivity index (χ0) is 21.8. The molecule has 0 aliphatic carbocycles. The van der Waals surface area contributed by atoms with Crippen LogP contribution in [0.3, 0.4) is 0 Å². The Morgan fingerprint density at radius 3 is 2.47 bits per heavy atom. The van der Waals surface area contributed by atoms with Crippen LogP contribution in [0.25, 0.3) is 10.9 Å². The Labute approximate surface area is 177 Å². The van der Waals surface area contributed by atoms with E-state index in [0.29, 0.717) is 21.6 Å². The first-order valence-corrected chi connectivity index (χ1v) is 9.75. The number of rotatable bonds is 6. The van der Waals surface area contributed by atoms with Crippen molar-refractivity contribution in [1.82, 2.24) is 14.5 Å². The minimum Gasteiger partial charge on any atom is -0.345 e. The largest absolute Gasteiger partial charge is 0.345 e. The van der Waals surface area contributed by atoms with Crippen LogP contribution in [0, 0.1) is 6.92 Å². The number of carbonyl (C=O) groups excluding carboxylic acids is 2. The van der Waals surface area contributed by atoms with E-state index in [1.54, 1.807) is 56.3 Å². The smallest absolute Gasteiger partial charge is 0.331 e. The molecule has 2 N–H and O–H groups in total. The van der Waals surface area contributed by atoms with Crippen molar-refractivity contribution >= 4 is 40.0 Å². The summed E-state index contributed by atoms with van der Waals surface area (Å²) in [5.74, 6) is -0.953. The maximum absolute atomic E-state index is 12.7. The first kappa shape index (κ1) is 21.3. The Hall–Kier alpha value is -3.39. The van der Waals surface area contributed by atoms with Gasteiger partial charge in [0.05, 0.1) is 17.4 Å². The Morgan fingerprint density at radius 1 is 1.00 bits per heavy atom. The number of halogens is 1. The number of anilines is 1. The molecule has 9 heteroatoms. The quantitative estimate of drug-likeness (QED) is 0.626. The van der Waals surface area contributed by atoms with Crippen LogP contribution in [0.5, 0.6) is 0 Å². The fourth-order valence-corrected chi connectivity index (χ4v) is 3.29. The van der Waals surface area contributed by atoms with Crippen LogP contribution in [-0.2, 0) is 22.7 Å². The lowest BCUT2D eigenvalue weighted by atomic mass is 10.2. The normalized spacial score (nSPS) is 10.8. The van der Waals surface area contributed by atoms with E-state index in [0.717, 1.165) is 10.1 Å². The topological polar surface area (TPSA) is 102 Å². The average Bonchev–Trinajstić information content (AvgIpc) is 2.73. The highest BCUT2D eigenvalue weighted by Crippen LogP contribution is 2.22. The highest BCUT2D eigenvalue weighted by molar-refractivity contribution is 6.31. The van der Waals surface area contributed by atoms with Gasteiger partial charge < -0.3 is 10.6 Å². The minimum absolute atomic E-state index is 0.186. The molecule has 0 spiro atoms. The molecule has 0 aliphatic heterocycles. The number of amides is 2. The number of hydrogen-bond donors (Lipinski definition) is 2. The number of aromatic nitrogens is 2. The molecule has 0 aliphatic rings. The van der Waals surface area contributed by atoms with Gasteiger partial charge in [-0.1, -0.05) is 29.8 Å². The lowest BCUT2D eigenvalue weighted by Gasteiger charge is -2.13. The second-order valence-electron chi connectivity index (χ2n) is 6.67. The third-order valence-electron chi connectivity index (χ3n) is 4.74. The fourth-order valence-electron chi connectivity index (χ4n) is 3.12. The molecule has 2 aromatic carbocycles. The molecule has 0 unspecified atom stereocenters. The summed E-state index contributed by atoms with van der Waals surface area (Å²) in [6, 6.07) is 11.7. The molecule has 3 aromatic rings. The van der Waals surface area contributed by atoms with Crippen molar-refractivity contribution < 1.29 is 9.59 Å². The van der Waals surface area contributed by atoms with Gasteiger partial charge in [0.2, 0.25) is 11.8 Å². The van der Waals surface area contributed by atoms with E-state index in [1.807, 2.05) is 0 Å². The standard InChI is InChI=1S/C21H21ClN4O4/c1-3-25-20(29)14-7-4-5-10-17(14)26(21(25)30)12-19(28)23-11-18(27)24-16-9-6-8-15(22)13(16)2/h4-10H,3,11-12H2,1-2H3,(H,23,28)(H,24,27). The lowest BCUT2D eigenvalue weighted by molar-refractivity contribution is -0.124. The third-order valence-corrected chi connectivity index (χ3v) is 5.15. The predicted molar refractivity (Wildman–Crippen MR) is 116 cm³/mol. The van der Waals surface area contributed by atoms with Crippen molar-refractivity contribution in [3.8, 4) is 0 Å². The summed E-state index contributed by atoms with van der Waals surface area (Å²) in [7, 11) is 0. The summed E-state index contributed by atoms with van der Waals surface area (Å²) in [6.07, 6.45) is 0. The van der Waals surface area contributed by atoms with E-state index < -0.39 is 23.1 Å². The van der Waals surface area contributed by atoms with Gasteiger partial charge in [-0.3, -0.25) is 23.5 Å². The number of benzene rings is 2. The van der Waals surface area contributed by atoms with E-state index in [2.05, 4.69) is 10.6 Å². The average molecular weight is 429 g/mol. The summed E-state index contributed by atoms with van der Waals surface area (Å²) >= 11 is 6.04. The van der Waals surface area contributed by atoms with Crippen molar-refractivity contribution in [2.24, 2.45) is 0 Å². The summed E-state index contributed by atoms with van der Waals surface area (Å²) in [5, 5.41) is 6.05. The van der Waals surface area contributed by atoms with E-state index in [9.17, 15) is 19.2 Å². The van der Waals surface area contributed by atoms with Gasteiger partial charge in [-0.15, -0.1) is 0 Å². The minimum atomic E-state index is -0.574. The van der Waals surface area contributed by atoms with Gasteiger partial charge in [-0.2, -0.15) is 0 Å². The van der Waals surface area contributed by atoms with Gasteiger partial charge in [-0.25, -0.2) is 4.79 Å².